The van der Waals surface area contributed by atoms with Gasteiger partial charge < -0.3 is 10.2 Å². The van der Waals surface area contributed by atoms with Crippen molar-refractivity contribution in [1.82, 2.24) is 0 Å². The third kappa shape index (κ3) is 9.12. The van der Waals surface area contributed by atoms with Crippen LogP contribution in [0.2, 0.25) is 0 Å². The Bertz CT molecular complexity index is 22.8. The van der Waals surface area contributed by atoms with Crippen LogP contribution in [0.1, 0.15) is 13.3 Å². The normalized spacial score (nSPS) is 8.00. The minimum Gasteiger partial charge on any atom is -0.368 e. The fourth-order valence-corrected chi connectivity index (χ4v) is 0. The number of hydrogen-bond donors (Lipinski definition) is 2. The van der Waals surface area contributed by atoms with E-state index in [0.29, 0.717) is 6.42 Å². The van der Waals surface area contributed by atoms with E-state index in [0.717, 1.165) is 0 Å². The summed E-state index contributed by atoms with van der Waals surface area (Å²) < 4.78 is 0. The Morgan fingerprint density at radius 3 is 1.67 bits per heavy atom. The largest absolute Gasteiger partial charge is 0.368 e. The van der Waals surface area contributed by atoms with Crippen LogP contribution in [0.25, 0.3) is 0 Å². The topological polar surface area (TPSA) is 40.5 Å². The Kier molecular flexibility index (Phi) is 11.5. The standard InChI is InChI=1S/C3H8O2.K/c1-2-3(4)5;/h3-5H,2H2,1H3;. The van der Waals surface area contributed by atoms with Crippen molar-refractivity contribution >= 4 is 51.4 Å². The van der Waals surface area contributed by atoms with Crippen LogP contribution in [0.5, 0.6) is 0 Å². The molecule has 0 saturated carbocycles. The molecule has 0 amide bonds. The maximum atomic E-state index is 7.92. The summed E-state index contributed by atoms with van der Waals surface area (Å²) in [6.45, 7) is 1.70. The first-order chi connectivity index (χ1) is 2.27. The van der Waals surface area contributed by atoms with Crippen molar-refractivity contribution in [3.8, 4) is 0 Å². The maximum Gasteiger partial charge on any atom is 0.151 e. The quantitative estimate of drug-likeness (QED) is 0.351. The van der Waals surface area contributed by atoms with Gasteiger partial charge in [-0.15, -0.1) is 0 Å². The van der Waals surface area contributed by atoms with Crippen LogP contribution in [-0.4, -0.2) is 67.9 Å². The van der Waals surface area contributed by atoms with Crippen LogP contribution in [0.15, 0.2) is 0 Å². The minimum absolute atomic E-state index is 0. The van der Waals surface area contributed by atoms with Crippen molar-refractivity contribution in [2.75, 3.05) is 0 Å². The van der Waals surface area contributed by atoms with Gasteiger partial charge in [0.2, 0.25) is 0 Å². The van der Waals surface area contributed by atoms with Gasteiger partial charge in [-0.1, -0.05) is 6.92 Å². The molecule has 2 N–H and O–H groups in total. The molecule has 1 radical (unpaired) electrons. The van der Waals surface area contributed by atoms with Gasteiger partial charge in [0.05, 0.1) is 0 Å². The van der Waals surface area contributed by atoms with Gasteiger partial charge >= 0.3 is 0 Å². The molecule has 0 aliphatic carbocycles. The maximum absolute atomic E-state index is 7.92. The number of aliphatic hydroxyl groups excluding tert-OH is 1. The summed E-state index contributed by atoms with van der Waals surface area (Å²) in [6, 6.07) is 0. The second-order valence-electron chi connectivity index (χ2n) is 0.889. The molecule has 0 spiro atoms. The van der Waals surface area contributed by atoms with E-state index in [4.69, 9.17) is 10.2 Å². The van der Waals surface area contributed by atoms with E-state index in [1.165, 1.54) is 0 Å². The molecule has 0 rings (SSSR count). The van der Waals surface area contributed by atoms with E-state index in [-0.39, 0.29) is 51.4 Å². The SMILES string of the molecule is CCC(O)O.[K]. The Morgan fingerprint density at radius 2 is 1.67 bits per heavy atom. The zero-order chi connectivity index (χ0) is 4.28. The summed E-state index contributed by atoms with van der Waals surface area (Å²) >= 11 is 0. The molecule has 0 fully saturated rings. The van der Waals surface area contributed by atoms with Gasteiger partial charge in [-0.25, -0.2) is 0 Å². The molecule has 3 heteroatoms. The van der Waals surface area contributed by atoms with E-state index in [1.54, 1.807) is 6.92 Å². The predicted molar refractivity (Wildman–Crippen MR) is 24.3 cm³/mol. The zero-order valence-electron chi connectivity index (χ0n) is 4.18. The monoisotopic (exact) mass is 115 g/mol. The van der Waals surface area contributed by atoms with E-state index in [1.807, 2.05) is 0 Å². The summed E-state index contributed by atoms with van der Waals surface area (Å²) in [5, 5.41) is 15.8. The molecule has 2 nitrogen and oxygen atoms in total. The molecule has 0 bridgehead atoms. The minimum atomic E-state index is -1.12. The predicted octanol–water partition coefficient (Wildman–Crippen LogP) is -0.674. The van der Waals surface area contributed by atoms with Crippen molar-refractivity contribution in [3.63, 3.8) is 0 Å². The zero-order valence-corrected chi connectivity index (χ0v) is 7.30. The molecule has 0 aliphatic rings. The summed E-state index contributed by atoms with van der Waals surface area (Å²) in [5.41, 5.74) is 0. The smallest absolute Gasteiger partial charge is 0.151 e. The van der Waals surface area contributed by atoms with Crippen LogP contribution in [0.4, 0.5) is 0 Å². The average Bonchev–Trinajstić information content (AvgIpc) is 1.38. The Labute approximate surface area is 80.0 Å². The Balaban J connectivity index is 0. The summed E-state index contributed by atoms with van der Waals surface area (Å²) in [6.07, 6.45) is -0.699. The molecule has 0 aromatic heterocycles. The second-order valence-corrected chi connectivity index (χ2v) is 0.889. The van der Waals surface area contributed by atoms with E-state index >= 15 is 0 Å². The van der Waals surface area contributed by atoms with Gasteiger partial charge in [0, 0.05) is 51.4 Å². The van der Waals surface area contributed by atoms with Crippen molar-refractivity contribution in [1.29, 1.82) is 0 Å². The Morgan fingerprint density at radius 1 is 1.50 bits per heavy atom. The molecule has 0 aromatic rings. The summed E-state index contributed by atoms with van der Waals surface area (Å²) in [7, 11) is 0. The first-order valence-electron chi connectivity index (χ1n) is 1.63. The average molecular weight is 115 g/mol. The fraction of sp³-hybridized carbons (Fsp3) is 1.00. The van der Waals surface area contributed by atoms with Crippen molar-refractivity contribution in [2.45, 2.75) is 19.6 Å². The second kappa shape index (κ2) is 6.56. The van der Waals surface area contributed by atoms with Crippen LogP contribution < -0.4 is 0 Å². The van der Waals surface area contributed by atoms with Crippen LogP contribution in [0.3, 0.4) is 0 Å². The fourth-order valence-electron chi connectivity index (χ4n) is 0. The number of aliphatic hydroxyl groups is 2. The van der Waals surface area contributed by atoms with Crippen LogP contribution in [0, 0.1) is 0 Å². The first-order valence-corrected chi connectivity index (χ1v) is 1.63. The van der Waals surface area contributed by atoms with Gasteiger partial charge in [-0.3, -0.25) is 0 Å². The van der Waals surface area contributed by atoms with Gasteiger partial charge in [-0.2, -0.15) is 0 Å². The van der Waals surface area contributed by atoms with Gasteiger partial charge in [0.25, 0.3) is 0 Å². The Hall–Kier alpha value is 1.56. The van der Waals surface area contributed by atoms with Gasteiger partial charge in [-0.05, 0) is 6.42 Å². The molecule has 0 saturated heterocycles. The van der Waals surface area contributed by atoms with E-state index < -0.39 is 6.29 Å². The molecule has 33 valence electrons. The van der Waals surface area contributed by atoms with Crippen molar-refractivity contribution < 1.29 is 10.2 Å². The van der Waals surface area contributed by atoms with Gasteiger partial charge in [0.1, 0.15) is 0 Å². The summed E-state index contributed by atoms with van der Waals surface area (Å²) in [5.74, 6) is 0. The molecule has 0 atom stereocenters. The van der Waals surface area contributed by atoms with Crippen molar-refractivity contribution in [2.24, 2.45) is 0 Å². The molecule has 0 aliphatic heterocycles. The number of hydrogen-bond acceptors (Lipinski definition) is 2. The van der Waals surface area contributed by atoms with Crippen LogP contribution in [-0.2, 0) is 0 Å². The van der Waals surface area contributed by atoms with Crippen molar-refractivity contribution in [3.05, 3.63) is 0 Å². The third-order valence-corrected chi connectivity index (χ3v) is 0.365. The molecular formula is C3H8KO2. The first kappa shape index (κ1) is 10.5. The van der Waals surface area contributed by atoms with Crippen LogP contribution >= 0.6 is 0 Å². The molecule has 0 unspecified atom stereocenters. The molecule has 0 aromatic carbocycles. The molecule has 6 heavy (non-hydrogen) atoms. The third-order valence-electron chi connectivity index (χ3n) is 0.365. The number of rotatable bonds is 1. The van der Waals surface area contributed by atoms with E-state index in [2.05, 4.69) is 0 Å². The van der Waals surface area contributed by atoms with E-state index in [9.17, 15) is 0 Å². The molecular weight excluding hydrogens is 107 g/mol. The summed E-state index contributed by atoms with van der Waals surface area (Å²) in [4.78, 5) is 0. The van der Waals surface area contributed by atoms with Gasteiger partial charge in [0.15, 0.2) is 6.29 Å². The molecule has 0 heterocycles.